The molecule has 2 aromatic rings. The number of anilines is 2. The van der Waals surface area contributed by atoms with E-state index in [1.54, 1.807) is 18.2 Å². The number of rotatable bonds is 8. The summed E-state index contributed by atoms with van der Waals surface area (Å²) in [6.45, 7) is 4.09. The number of para-hydroxylation sites is 1. The van der Waals surface area contributed by atoms with Gasteiger partial charge in [-0.05, 0) is 55.5 Å². The summed E-state index contributed by atoms with van der Waals surface area (Å²) in [5, 5.41) is 2.86. The van der Waals surface area contributed by atoms with E-state index in [-0.39, 0.29) is 12.5 Å². The number of aryl methyl sites for hydroxylation is 2. The van der Waals surface area contributed by atoms with E-state index in [4.69, 9.17) is 0 Å². The van der Waals surface area contributed by atoms with Crippen molar-refractivity contribution < 1.29 is 13.2 Å². The zero-order valence-electron chi connectivity index (χ0n) is 17.1. The van der Waals surface area contributed by atoms with Crippen LogP contribution in [0, 0.1) is 6.92 Å². The van der Waals surface area contributed by atoms with Crippen molar-refractivity contribution in [2.45, 2.75) is 26.2 Å². The van der Waals surface area contributed by atoms with Gasteiger partial charge in [0.1, 0.15) is 6.54 Å². The number of amides is 1. The summed E-state index contributed by atoms with van der Waals surface area (Å²) in [5.41, 5.74) is 4.11. The van der Waals surface area contributed by atoms with Crippen LogP contribution >= 0.6 is 0 Å². The Kier molecular flexibility index (Phi) is 6.79. The van der Waals surface area contributed by atoms with Gasteiger partial charge >= 0.3 is 0 Å². The fraction of sp³-hybridized carbons (Fsp3) is 0.409. The molecule has 0 fully saturated rings. The molecule has 0 bridgehead atoms. The highest BCUT2D eigenvalue weighted by Gasteiger charge is 2.21. The van der Waals surface area contributed by atoms with Gasteiger partial charge in [-0.1, -0.05) is 30.3 Å². The number of carbonyl (C=O) groups is 1. The largest absolute Gasteiger partial charge is 0.371 e. The molecule has 1 amide bonds. The normalized spacial score (nSPS) is 13.7. The summed E-state index contributed by atoms with van der Waals surface area (Å²) in [4.78, 5) is 14.7. The van der Waals surface area contributed by atoms with Crippen LogP contribution in [0.3, 0.4) is 0 Å². The monoisotopic (exact) mass is 415 g/mol. The summed E-state index contributed by atoms with van der Waals surface area (Å²) >= 11 is 0. The van der Waals surface area contributed by atoms with Crippen LogP contribution in [-0.4, -0.2) is 46.8 Å². The van der Waals surface area contributed by atoms with Crippen LogP contribution in [0.15, 0.2) is 48.5 Å². The van der Waals surface area contributed by atoms with Crippen molar-refractivity contribution in [3.63, 3.8) is 0 Å². The van der Waals surface area contributed by atoms with Crippen LogP contribution in [0.4, 0.5) is 11.4 Å². The second-order valence-electron chi connectivity index (χ2n) is 7.53. The molecule has 0 saturated carbocycles. The second-order valence-corrected chi connectivity index (χ2v) is 9.44. The van der Waals surface area contributed by atoms with E-state index >= 15 is 0 Å². The highest BCUT2D eigenvalue weighted by molar-refractivity contribution is 7.92. The fourth-order valence-electron chi connectivity index (χ4n) is 3.71. The van der Waals surface area contributed by atoms with Crippen molar-refractivity contribution in [3.05, 3.63) is 59.7 Å². The smallest absolute Gasteiger partial charge is 0.240 e. The SMILES string of the molecule is Cc1cccc(N(CC(=O)NCCCN2CCCc3ccccc32)S(C)(=O)=O)c1. The Morgan fingerprint density at radius 2 is 1.97 bits per heavy atom. The first-order valence-electron chi connectivity index (χ1n) is 9.98. The summed E-state index contributed by atoms with van der Waals surface area (Å²) in [7, 11) is -3.55. The molecule has 0 atom stereocenters. The van der Waals surface area contributed by atoms with E-state index in [2.05, 4.69) is 34.5 Å². The number of fused-ring (bicyclic) bond motifs is 1. The Labute approximate surface area is 173 Å². The Balaban J connectivity index is 1.52. The predicted octanol–water partition coefficient (Wildman–Crippen LogP) is 2.72. The predicted molar refractivity (Wildman–Crippen MR) is 118 cm³/mol. The van der Waals surface area contributed by atoms with E-state index in [0.29, 0.717) is 12.2 Å². The molecule has 7 heteroatoms. The Bertz CT molecular complexity index is 959. The molecule has 0 spiro atoms. The molecule has 1 aliphatic heterocycles. The molecule has 29 heavy (non-hydrogen) atoms. The third kappa shape index (κ3) is 5.73. The van der Waals surface area contributed by atoms with Gasteiger partial charge in [0.2, 0.25) is 15.9 Å². The molecule has 1 N–H and O–H groups in total. The van der Waals surface area contributed by atoms with Gasteiger partial charge in [-0.25, -0.2) is 8.42 Å². The molecule has 0 aliphatic carbocycles. The Morgan fingerprint density at radius 1 is 1.17 bits per heavy atom. The summed E-state index contributed by atoms with van der Waals surface area (Å²) in [5.74, 6) is -0.295. The van der Waals surface area contributed by atoms with Crippen molar-refractivity contribution in [2.75, 3.05) is 41.6 Å². The van der Waals surface area contributed by atoms with E-state index in [0.717, 1.165) is 48.5 Å². The lowest BCUT2D eigenvalue weighted by Gasteiger charge is -2.31. The highest BCUT2D eigenvalue weighted by atomic mass is 32.2. The number of nitrogens with zero attached hydrogens (tertiary/aromatic N) is 2. The van der Waals surface area contributed by atoms with Gasteiger partial charge in [-0.3, -0.25) is 9.10 Å². The van der Waals surface area contributed by atoms with Crippen molar-refractivity contribution in [2.24, 2.45) is 0 Å². The molecular weight excluding hydrogens is 386 g/mol. The van der Waals surface area contributed by atoms with Crippen LogP contribution in [-0.2, 0) is 21.2 Å². The Hall–Kier alpha value is -2.54. The zero-order valence-corrected chi connectivity index (χ0v) is 17.9. The van der Waals surface area contributed by atoms with Gasteiger partial charge < -0.3 is 10.2 Å². The topological polar surface area (TPSA) is 69.7 Å². The molecule has 6 nitrogen and oxygen atoms in total. The third-order valence-electron chi connectivity index (χ3n) is 5.11. The van der Waals surface area contributed by atoms with Crippen LogP contribution < -0.4 is 14.5 Å². The molecule has 0 unspecified atom stereocenters. The lowest BCUT2D eigenvalue weighted by molar-refractivity contribution is -0.119. The average molecular weight is 416 g/mol. The van der Waals surface area contributed by atoms with E-state index in [9.17, 15) is 13.2 Å². The number of hydrogen-bond donors (Lipinski definition) is 1. The Morgan fingerprint density at radius 3 is 2.72 bits per heavy atom. The standard InChI is InChI=1S/C22H29N3O3S/c1-18-8-5-11-20(16-18)25(29(2,27)28)17-22(26)23-13-7-15-24-14-6-10-19-9-3-4-12-21(19)24/h3-5,8-9,11-12,16H,6-7,10,13-15,17H2,1-2H3,(H,23,26). The maximum atomic E-state index is 12.4. The number of benzene rings is 2. The maximum absolute atomic E-state index is 12.4. The quantitative estimate of drug-likeness (QED) is 0.673. The van der Waals surface area contributed by atoms with Gasteiger partial charge in [-0.2, -0.15) is 0 Å². The van der Waals surface area contributed by atoms with E-state index < -0.39 is 10.0 Å². The second kappa shape index (κ2) is 9.31. The molecule has 0 saturated heterocycles. The van der Waals surface area contributed by atoms with Gasteiger partial charge in [0.05, 0.1) is 11.9 Å². The van der Waals surface area contributed by atoms with Crippen LogP contribution in [0.2, 0.25) is 0 Å². The van der Waals surface area contributed by atoms with E-state index in [1.165, 1.54) is 11.3 Å². The average Bonchev–Trinajstić information content (AvgIpc) is 2.68. The van der Waals surface area contributed by atoms with Crippen molar-refractivity contribution >= 4 is 27.3 Å². The number of nitrogens with one attached hydrogen (secondary N) is 1. The molecule has 0 radical (unpaired) electrons. The van der Waals surface area contributed by atoms with Crippen molar-refractivity contribution in [1.29, 1.82) is 0 Å². The van der Waals surface area contributed by atoms with Crippen LogP contribution in [0.25, 0.3) is 0 Å². The zero-order chi connectivity index (χ0) is 20.9. The number of hydrogen-bond acceptors (Lipinski definition) is 4. The molecule has 2 aromatic carbocycles. The molecule has 0 aromatic heterocycles. The number of carbonyl (C=O) groups excluding carboxylic acids is 1. The molecular formula is C22H29N3O3S. The van der Waals surface area contributed by atoms with Gasteiger partial charge in [0.15, 0.2) is 0 Å². The first-order chi connectivity index (χ1) is 13.8. The van der Waals surface area contributed by atoms with Gasteiger partial charge in [-0.15, -0.1) is 0 Å². The van der Waals surface area contributed by atoms with Crippen LogP contribution in [0.1, 0.15) is 24.0 Å². The summed E-state index contributed by atoms with van der Waals surface area (Å²) in [6.07, 6.45) is 4.19. The minimum Gasteiger partial charge on any atom is -0.371 e. The minimum atomic E-state index is -3.55. The highest BCUT2D eigenvalue weighted by Crippen LogP contribution is 2.26. The lowest BCUT2D eigenvalue weighted by atomic mass is 10.0. The molecule has 1 heterocycles. The van der Waals surface area contributed by atoms with E-state index in [1.807, 2.05) is 13.0 Å². The lowest BCUT2D eigenvalue weighted by Crippen LogP contribution is -2.41. The number of sulfonamides is 1. The first kappa shape index (κ1) is 21.2. The fourth-order valence-corrected chi connectivity index (χ4v) is 4.56. The first-order valence-corrected chi connectivity index (χ1v) is 11.8. The summed E-state index contributed by atoms with van der Waals surface area (Å²) in [6, 6.07) is 15.6. The van der Waals surface area contributed by atoms with Gasteiger partial charge in [0, 0.05) is 25.3 Å². The maximum Gasteiger partial charge on any atom is 0.240 e. The van der Waals surface area contributed by atoms with Crippen molar-refractivity contribution in [1.82, 2.24) is 5.32 Å². The van der Waals surface area contributed by atoms with Gasteiger partial charge in [0.25, 0.3) is 0 Å². The minimum absolute atomic E-state index is 0.213. The molecule has 1 aliphatic rings. The molecule has 3 rings (SSSR count). The van der Waals surface area contributed by atoms with Crippen LogP contribution in [0.5, 0.6) is 0 Å². The third-order valence-corrected chi connectivity index (χ3v) is 6.25. The van der Waals surface area contributed by atoms with Crippen molar-refractivity contribution in [3.8, 4) is 0 Å². The molecule has 156 valence electrons. The summed E-state index contributed by atoms with van der Waals surface area (Å²) < 4.78 is 25.5.